The predicted octanol–water partition coefficient (Wildman–Crippen LogP) is 2.86. The Labute approximate surface area is 88.1 Å². The molecule has 14 heavy (non-hydrogen) atoms. The zero-order valence-corrected chi connectivity index (χ0v) is 9.03. The summed E-state index contributed by atoms with van der Waals surface area (Å²) in [7, 11) is 0. The van der Waals surface area contributed by atoms with E-state index in [4.69, 9.17) is 0 Å². The Bertz CT molecular complexity index is 374. The van der Waals surface area contributed by atoms with Crippen molar-refractivity contribution in [1.82, 2.24) is 0 Å². The molecular formula is C12H14OS. The van der Waals surface area contributed by atoms with E-state index in [9.17, 15) is 4.79 Å². The van der Waals surface area contributed by atoms with E-state index in [2.05, 4.69) is 5.38 Å². The van der Waals surface area contributed by atoms with Crippen LogP contribution in [0.2, 0.25) is 0 Å². The van der Waals surface area contributed by atoms with Crippen LogP contribution in [0.5, 0.6) is 0 Å². The van der Waals surface area contributed by atoms with Crippen LogP contribution in [-0.2, 0) is 23.1 Å². The van der Waals surface area contributed by atoms with E-state index in [1.165, 1.54) is 43.1 Å². The number of thiophene rings is 1. The Morgan fingerprint density at radius 3 is 2.79 bits per heavy atom. The molecule has 0 N–H and O–H groups in total. The first-order valence-electron chi connectivity index (χ1n) is 5.42. The van der Waals surface area contributed by atoms with Gasteiger partial charge in [0.15, 0.2) is 0 Å². The summed E-state index contributed by atoms with van der Waals surface area (Å²) in [6, 6.07) is 0. The molecule has 0 radical (unpaired) electrons. The minimum absolute atomic E-state index is 0.0403. The standard InChI is InChI=1S/C12H14OS/c13-8-12(5-6-12)10-7-14-11-4-2-1-3-9(10)11/h7-8H,1-6H2. The van der Waals surface area contributed by atoms with Crippen molar-refractivity contribution in [1.29, 1.82) is 0 Å². The molecular weight excluding hydrogens is 192 g/mol. The first-order valence-corrected chi connectivity index (χ1v) is 6.30. The fraction of sp³-hybridized carbons (Fsp3) is 0.583. The van der Waals surface area contributed by atoms with Crippen LogP contribution in [0.25, 0.3) is 0 Å². The van der Waals surface area contributed by atoms with Gasteiger partial charge in [-0.2, -0.15) is 0 Å². The van der Waals surface area contributed by atoms with Gasteiger partial charge in [-0.25, -0.2) is 0 Å². The average molecular weight is 206 g/mol. The molecule has 1 aromatic rings. The number of aryl methyl sites for hydroxylation is 1. The minimum Gasteiger partial charge on any atom is -0.302 e. The van der Waals surface area contributed by atoms with Gasteiger partial charge >= 0.3 is 0 Å². The van der Waals surface area contributed by atoms with Gasteiger partial charge in [0, 0.05) is 4.88 Å². The summed E-state index contributed by atoms with van der Waals surface area (Å²) in [5.41, 5.74) is 2.87. The highest BCUT2D eigenvalue weighted by Crippen LogP contribution is 2.50. The number of rotatable bonds is 2. The molecule has 1 aromatic heterocycles. The molecule has 2 aliphatic carbocycles. The highest BCUT2D eigenvalue weighted by atomic mass is 32.1. The van der Waals surface area contributed by atoms with Crippen molar-refractivity contribution in [2.24, 2.45) is 0 Å². The van der Waals surface area contributed by atoms with Gasteiger partial charge in [-0.05, 0) is 55.0 Å². The van der Waals surface area contributed by atoms with Crippen molar-refractivity contribution in [3.8, 4) is 0 Å². The molecule has 0 spiro atoms. The lowest BCUT2D eigenvalue weighted by molar-refractivity contribution is -0.109. The smallest absolute Gasteiger partial charge is 0.130 e. The maximum absolute atomic E-state index is 11.1. The molecule has 0 unspecified atom stereocenters. The summed E-state index contributed by atoms with van der Waals surface area (Å²) in [5.74, 6) is 0. The van der Waals surface area contributed by atoms with Crippen molar-refractivity contribution >= 4 is 17.6 Å². The van der Waals surface area contributed by atoms with Crippen molar-refractivity contribution in [2.45, 2.75) is 43.9 Å². The van der Waals surface area contributed by atoms with Gasteiger partial charge in [0.05, 0.1) is 5.41 Å². The lowest BCUT2D eigenvalue weighted by Gasteiger charge is -2.15. The third-order valence-electron chi connectivity index (χ3n) is 3.61. The number of aldehydes is 1. The molecule has 2 aliphatic rings. The van der Waals surface area contributed by atoms with Crippen molar-refractivity contribution in [2.75, 3.05) is 0 Å². The predicted molar refractivity (Wildman–Crippen MR) is 57.9 cm³/mol. The van der Waals surface area contributed by atoms with Crippen LogP contribution in [-0.4, -0.2) is 6.29 Å². The van der Waals surface area contributed by atoms with E-state index in [0.29, 0.717) is 0 Å². The summed E-state index contributed by atoms with van der Waals surface area (Å²) < 4.78 is 0. The molecule has 0 saturated heterocycles. The lowest BCUT2D eigenvalue weighted by atomic mass is 9.89. The number of fused-ring (bicyclic) bond motifs is 1. The van der Waals surface area contributed by atoms with Crippen LogP contribution in [0, 0.1) is 0 Å². The van der Waals surface area contributed by atoms with E-state index in [0.717, 1.165) is 12.8 Å². The number of hydrogen-bond donors (Lipinski definition) is 0. The maximum Gasteiger partial charge on any atom is 0.130 e. The summed E-state index contributed by atoms with van der Waals surface area (Å²) in [6.07, 6.45) is 8.45. The Kier molecular flexibility index (Phi) is 1.81. The Hall–Kier alpha value is -0.630. The molecule has 1 nitrogen and oxygen atoms in total. The SMILES string of the molecule is O=CC1(c2csc3c2CCCC3)CC1. The summed E-state index contributed by atoms with van der Waals surface area (Å²) in [6.45, 7) is 0. The third-order valence-corrected chi connectivity index (χ3v) is 4.70. The highest BCUT2D eigenvalue weighted by Gasteiger charge is 2.46. The molecule has 0 bridgehead atoms. The lowest BCUT2D eigenvalue weighted by Crippen LogP contribution is -2.11. The Morgan fingerprint density at radius 2 is 2.07 bits per heavy atom. The summed E-state index contributed by atoms with van der Waals surface area (Å²) in [5, 5.41) is 2.25. The zero-order chi connectivity index (χ0) is 9.60. The van der Waals surface area contributed by atoms with E-state index < -0.39 is 0 Å². The van der Waals surface area contributed by atoms with Crippen LogP contribution in [0.15, 0.2) is 5.38 Å². The fourth-order valence-corrected chi connectivity index (χ4v) is 3.75. The average Bonchev–Trinajstić information content (AvgIpc) is 2.91. The molecule has 1 saturated carbocycles. The second-order valence-electron chi connectivity index (χ2n) is 4.53. The molecule has 1 fully saturated rings. The molecule has 2 heteroatoms. The van der Waals surface area contributed by atoms with Gasteiger partial charge in [-0.3, -0.25) is 0 Å². The molecule has 0 aromatic carbocycles. The Balaban J connectivity index is 2.06. The van der Waals surface area contributed by atoms with Gasteiger partial charge in [0.1, 0.15) is 6.29 Å². The van der Waals surface area contributed by atoms with E-state index in [1.807, 2.05) is 11.3 Å². The molecule has 74 valence electrons. The van der Waals surface area contributed by atoms with E-state index in [-0.39, 0.29) is 5.41 Å². The fourth-order valence-electron chi connectivity index (χ4n) is 2.50. The van der Waals surface area contributed by atoms with Crippen LogP contribution in [0.1, 0.15) is 41.7 Å². The van der Waals surface area contributed by atoms with Gasteiger partial charge in [-0.1, -0.05) is 0 Å². The largest absolute Gasteiger partial charge is 0.302 e. The molecule has 0 amide bonds. The molecule has 3 rings (SSSR count). The van der Waals surface area contributed by atoms with Gasteiger partial charge in [-0.15, -0.1) is 11.3 Å². The van der Waals surface area contributed by atoms with Gasteiger partial charge < -0.3 is 4.79 Å². The number of hydrogen-bond acceptors (Lipinski definition) is 2. The molecule has 0 aliphatic heterocycles. The summed E-state index contributed by atoms with van der Waals surface area (Å²) in [4.78, 5) is 12.6. The van der Waals surface area contributed by atoms with Crippen LogP contribution >= 0.6 is 11.3 Å². The van der Waals surface area contributed by atoms with Crippen LogP contribution in [0.4, 0.5) is 0 Å². The first-order chi connectivity index (χ1) is 6.86. The Morgan fingerprint density at radius 1 is 1.29 bits per heavy atom. The second-order valence-corrected chi connectivity index (χ2v) is 5.50. The first kappa shape index (κ1) is 8.66. The number of carbonyl (C=O) groups is 1. The molecule has 1 heterocycles. The van der Waals surface area contributed by atoms with Crippen LogP contribution < -0.4 is 0 Å². The third kappa shape index (κ3) is 1.10. The van der Waals surface area contributed by atoms with Crippen LogP contribution in [0.3, 0.4) is 0 Å². The second kappa shape index (κ2) is 2.93. The van der Waals surface area contributed by atoms with E-state index in [1.54, 1.807) is 4.88 Å². The van der Waals surface area contributed by atoms with Gasteiger partial charge in [0.25, 0.3) is 0 Å². The minimum atomic E-state index is -0.0403. The topological polar surface area (TPSA) is 17.1 Å². The highest BCUT2D eigenvalue weighted by molar-refractivity contribution is 7.10. The monoisotopic (exact) mass is 206 g/mol. The maximum atomic E-state index is 11.1. The van der Waals surface area contributed by atoms with Crippen molar-refractivity contribution in [3.63, 3.8) is 0 Å². The summed E-state index contributed by atoms with van der Waals surface area (Å²) >= 11 is 1.88. The van der Waals surface area contributed by atoms with Crippen molar-refractivity contribution in [3.05, 3.63) is 21.4 Å². The number of carbonyl (C=O) groups excluding carboxylic acids is 1. The normalized spacial score (nSPS) is 22.9. The quantitative estimate of drug-likeness (QED) is 0.680. The zero-order valence-electron chi connectivity index (χ0n) is 8.21. The van der Waals surface area contributed by atoms with Crippen molar-refractivity contribution < 1.29 is 4.79 Å². The molecule has 0 atom stereocenters. The van der Waals surface area contributed by atoms with E-state index >= 15 is 0 Å². The van der Waals surface area contributed by atoms with Gasteiger partial charge in [0.2, 0.25) is 0 Å².